The summed E-state index contributed by atoms with van der Waals surface area (Å²) in [6, 6.07) is 4.35. The van der Waals surface area contributed by atoms with Gasteiger partial charge in [-0.15, -0.1) is 0 Å². The molecule has 2 aliphatic heterocycles. The molecule has 5 heteroatoms. The van der Waals surface area contributed by atoms with E-state index in [-0.39, 0.29) is 6.04 Å². The summed E-state index contributed by atoms with van der Waals surface area (Å²) in [6.45, 7) is 7.89. The molecule has 116 valence electrons. The van der Waals surface area contributed by atoms with E-state index in [1.54, 1.807) is 0 Å². The van der Waals surface area contributed by atoms with Gasteiger partial charge in [0.25, 0.3) is 0 Å². The molecule has 0 radical (unpaired) electrons. The second-order valence-electron chi connectivity index (χ2n) is 6.49. The summed E-state index contributed by atoms with van der Waals surface area (Å²) in [4.78, 5) is 2.88. The van der Waals surface area contributed by atoms with Gasteiger partial charge in [-0.05, 0) is 57.7 Å². The van der Waals surface area contributed by atoms with Gasteiger partial charge in [-0.2, -0.15) is 0 Å². The molecule has 4 nitrogen and oxygen atoms in total. The molecule has 2 saturated heterocycles. The number of benzene rings is 1. The van der Waals surface area contributed by atoms with Gasteiger partial charge in [-0.3, -0.25) is 4.90 Å². The van der Waals surface area contributed by atoms with E-state index in [2.05, 4.69) is 9.62 Å². The van der Waals surface area contributed by atoms with Crippen molar-refractivity contribution in [2.45, 2.75) is 57.0 Å². The van der Waals surface area contributed by atoms with E-state index in [9.17, 15) is 8.42 Å². The van der Waals surface area contributed by atoms with Crippen molar-refractivity contribution >= 4 is 10.0 Å². The topological polar surface area (TPSA) is 49.4 Å². The number of sulfonamides is 1. The Hall–Kier alpha value is -0.910. The van der Waals surface area contributed by atoms with Gasteiger partial charge >= 0.3 is 0 Å². The molecule has 0 bridgehead atoms. The first-order valence-corrected chi connectivity index (χ1v) is 9.21. The van der Waals surface area contributed by atoms with E-state index in [0.29, 0.717) is 10.9 Å². The Balaban J connectivity index is 1.88. The molecule has 21 heavy (non-hydrogen) atoms. The van der Waals surface area contributed by atoms with Crippen LogP contribution in [0.3, 0.4) is 0 Å². The number of aryl methyl sites for hydroxylation is 3. The Morgan fingerprint density at radius 2 is 1.76 bits per heavy atom. The van der Waals surface area contributed by atoms with E-state index < -0.39 is 10.0 Å². The standard InChI is InChI=1S/C16H24N2O2S/c1-11-9-12(2)16(13(3)10-11)21(19,20)17-14-6-8-18-7-4-5-15(14)18/h9-10,14-15,17H,4-8H2,1-3H3. The van der Waals surface area contributed by atoms with Crippen LogP contribution < -0.4 is 4.72 Å². The minimum absolute atomic E-state index is 0.0672. The van der Waals surface area contributed by atoms with Crippen molar-refractivity contribution in [2.24, 2.45) is 0 Å². The van der Waals surface area contributed by atoms with Gasteiger partial charge in [0.2, 0.25) is 10.0 Å². The van der Waals surface area contributed by atoms with Gasteiger partial charge in [-0.1, -0.05) is 17.7 Å². The van der Waals surface area contributed by atoms with Gasteiger partial charge in [0.1, 0.15) is 0 Å². The largest absolute Gasteiger partial charge is 0.299 e. The fourth-order valence-corrected chi connectivity index (χ4v) is 5.83. The lowest BCUT2D eigenvalue weighted by molar-refractivity contribution is 0.309. The fraction of sp³-hybridized carbons (Fsp3) is 0.625. The van der Waals surface area contributed by atoms with Crippen molar-refractivity contribution in [3.05, 3.63) is 28.8 Å². The SMILES string of the molecule is Cc1cc(C)c(S(=O)(=O)NC2CCN3CCCC23)c(C)c1. The van der Waals surface area contributed by atoms with Gasteiger partial charge in [0, 0.05) is 18.6 Å². The van der Waals surface area contributed by atoms with Crippen molar-refractivity contribution in [3.63, 3.8) is 0 Å². The third kappa shape index (κ3) is 2.74. The smallest absolute Gasteiger partial charge is 0.241 e. The molecule has 1 N–H and O–H groups in total. The highest BCUT2D eigenvalue weighted by Crippen LogP contribution is 2.30. The third-order valence-corrected chi connectivity index (χ3v) is 6.58. The summed E-state index contributed by atoms with van der Waals surface area (Å²) in [5.74, 6) is 0. The minimum Gasteiger partial charge on any atom is -0.299 e. The van der Waals surface area contributed by atoms with Crippen LogP contribution >= 0.6 is 0 Å². The average molecular weight is 308 g/mol. The Kier molecular flexibility index (Phi) is 3.84. The summed E-state index contributed by atoms with van der Waals surface area (Å²) < 4.78 is 28.6. The van der Waals surface area contributed by atoms with Gasteiger partial charge in [-0.25, -0.2) is 13.1 Å². The number of fused-ring (bicyclic) bond motifs is 1. The van der Waals surface area contributed by atoms with Crippen LogP contribution in [0, 0.1) is 20.8 Å². The Morgan fingerprint density at radius 1 is 1.10 bits per heavy atom. The zero-order valence-corrected chi connectivity index (χ0v) is 13.8. The first-order chi connectivity index (χ1) is 9.88. The number of hydrogen-bond donors (Lipinski definition) is 1. The van der Waals surface area contributed by atoms with Crippen LogP contribution in [0.25, 0.3) is 0 Å². The Bertz CT molecular complexity index is 631. The average Bonchev–Trinajstić information content (AvgIpc) is 2.92. The molecule has 2 heterocycles. The summed E-state index contributed by atoms with van der Waals surface area (Å²) in [5, 5.41) is 0. The zero-order chi connectivity index (χ0) is 15.2. The van der Waals surface area contributed by atoms with E-state index in [1.165, 1.54) is 6.42 Å². The van der Waals surface area contributed by atoms with Gasteiger partial charge < -0.3 is 0 Å². The van der Waals surface area contributed by atoms with Crippen LogP contribution in [0.4, 0.5) is 0 Å². The molecule has 0 aromatic heterocycles. The normalized spacial score (nSPS) is 26.2. The highest BCUT2D eigenvalue weighted by atomic mass is 32.2. The monoisotopic (exact) mass is 308 g/mol. The molecule has 0 spiro atoms. The van der Waals surface area contributed by atoms with Crippen molar-refractivity contribution in [1.29, 1.82) is 0 Å². The van der Waals surface area contributed by atoms with E-state index in [4.69, 9.17) is 0 Å². The minimum atomic E-state index is -3.44. The number of rotatable bonds is 3. The lowest BCUT2D eigenvalue weighted by Crippen LogP contribution is -2.42. The maximum Gasteiger partial charge on any atom is 0.241 e. The van der Waals surface area contributed by atoms with E-state index in [0.717, 1.165) is 42.6 Å². The third-order valence-electron chi connectivity index (χ3n) is 4.79. The molecule has 2 atom stereocenters. The maximum atomic E-state index is 12.8. The molecular weight excluding hydrogens is 284 g/mol. The quantitative estimate of drug-likeness (QED) is 0.930. The van der Waals surface area contributed by atoms with Crippen LogP contribution in [-0.4, -0.2) is 38.5 Å². The van der Waals surface area contributed by atoms with Crippen LogP contribution in [0.1, 0.15) is 36.0 Å². The van der Waals surface area contributed by atoms with E-state index >= 15 is 0 Å². The lowest BCUT2D eigenvalue weighted by atomic mass is 10.1. The highest BCUT2D eigenvalue weighted by Gasteiger charge is 2.39. The molecule has 1 aromatic carbocycles. The Morgan fingerprint density at radius 3 is 2.43 bits per heavy atom. The zero-order valence-electron chi connectivity index (χ0n) is 13.0. The second kappa shape index (κ2) is 5.38. The summed E-state index contributed by atoms with van der Waals surface area (Å²) in [7, 11) is -3.44. The van der Waals surface area contributed by atoms with Crippen molar-refractivity contribution in [1.82, 2.24) is 9.62 Å². The van der Waals surface area contributed by atoms with Crippen LogP contribution in [0.5, 0.6) is 0 Å². The van der Waals surface area contributed by atoms with Crippen molar-refractivity contribution in [3.8, 4) is 0 Å². The molecule has 1 aromatic rings. The van der Waals surface area contributed by atoms with E-state index in [1.807, 2.05) is 32.9 Å². The maximum absolute atomic E-state index is 12.8. The first-order valence-electron chi connectivity index (χ1n) is 7.73. The molecule has 3 rings (SSSR count). The fourth-order valence-electron chi connectivity index (χ4n) is 4.07. The molecule has 2 unspecified atom stereocenters. The highest BCUT2D eigenvalue weighted by molar-refractivity contribution is 7.89. The predicted molar refractivity (Wildman–Crippen MR) is 84.0 cm³/mol. The second-order valence-corrected chi connectivity index (χ2v) is 8.14. The molecule has 0 saturated carbocycles. The summed E-state index contributed by atoms with van der Waals surface area (Å²) in [6.07, 6.45) is 3.22. The predicted octanol–water partition coefficient (Wildman–Crippen LogP) is 2.13. The molecule has 2 aliphatic rings. The molecular formula is C16H24N2O2S. The first kappa shape index (κ1) is 15.0. The Labute approximate surface area is 127 Å². The van der Waals surface area contributed by atoms with Crippen LogP contribution in [0.15, 0.2) is 17.0 Å². The van der Waals surface area contributed by atoms with Crippen LogP contribution in [0.2, 0.25) is 0 Å². The lowest BCUT2D eigenvalue weighted by Gasteiger charge is -2.22. The van der Waals surface area contributed by atoms with Gasteiger partial charge in [0.05, 0.1) is 4.90 Å². The molecule has 2 fully saturated rings. The summed E-state index contributed by atoms with van der Waals surface area (Å²) >= 11 is 0. The van der Waals surface area contributed by atoms with Crippen LogP contribution in [-0.2, 0) is 10.0 Å². The van der Waals surface area contributed by atoms with Crippen molar-refractivity contribution in [2.75, 3.05) is 13.1 Å². The van der Waals surface area contributed by atoms with Gasteiger partial charge in [0.15, 0.2) is 0 Å². The number of nitrogens with zero attached hydrogens (tertiary/aromatic N) is 1. The summed E-state index contributed by atoms with van der Waals surface area (Å²) in [5.41, 5.74) is 2.77. The number of hydrogen-bond acceptors (Lipinski definition) is 3. The molecule has 0 aliphatic carbocycles. The number of nitrogens with one attached hydrogen (secondary N) is 1. The van der Waals surface area contributed by atoms with Crippen molar-refractivity contribution < 1.29 is 8.42 Å². The molecule has 0 amide bonds.